The molecule has 130 valence electrons. The highest BCUT2D eigenvalue weighted by molar-refractivity contribution is 5.87. The van der Waals surface area contributed by atoms with E-state index < -0.39 is 36.2 Å². The smallest absolute Gasteiger partial charge is 0.335 e. The number of carbonyl (C=O) groups is 2. The molecule has 5 N–H and O–H groups in total. The third-order valence-corrected chi connectivity index (χ3v) is 3.90. The Morgan fingerprint density at radius 3 is 2.54 bits per heavy atom. The fourth-order valence-corrected chi connectivity index (χ4v) is 2.48. The third kappa shape index (κ3) is 4.03. The molecule has 8 nitrogen and oxygen atoms in total. The summed E-state index contributed by atoms with van der Waals surface area (Å²) in [4.78, 5) is 22.7. The van der Waals surface area contributed by atoms with Gasteiger partial charge in [0.1, 0.15) is 6.10 Å². The van der Waals surface area contributed by atoms with Gasteiger partial charge in [0.25, 0.3) is 0 Å². The van der Waals surface area contributed by atoms with Gasteiger partial charge in [-0.2, -0.15) is 0 Å². The summed E-state index contributed by atoms with van der Waals surface area (Å²) in [5.41, 5.74) is -1.56. The number of hydrogen-bond donors (Lipinski definition) is 5. The van der Waals surface area contributed by atoms with Gasteiger partial charge >= 0.3 is 11.9 Å². The lowest BCUT2D eigenvalue weighted by Crippen LogP contribution is -2.50. The number of hydrogen-bond acceptors (Lipinski definition) is 7. The van der Waals surface area contributed by atoms with Crippen molar-refractivity contribution in [3.05, 3.63) is 29.8 Å². The lowest BCUT2D eigenvalue weighted by Gasteiger charge is -2.35. The van der Waals surface area contributed by atoms with Gasteiger partial charge < -0.3 is 30.3 Å². The van der Waals surface area contributed by atoms with Crippen molar-refractivity contribution in [1.82, 2.24) is 0 Å². The maximum atomic E-state index is 11.8. The third-order valence-electron chi connectivity index (χ3n) is 3.90. The number of benzene rings is 1. The summed E-state index contributed by atoms with van der Waals surface area (Å²) < 4.78 is 5.06. The number of carboxylic acids is 1. The molecule has 8 heteroatoms. The zero-order valence-electron chi connectivity index (χ0n) is 12.6. The predicted octanol–water partition coefficient (Wildman–Crippen LogP) is 0.383. The van der Waals surface area contributed by atoms with Gasteiger partial charge in [-0.05, 0) is 36.6 Å². The van der Waals surface area contributed by atoms with Crippen molar-refractivity contribution in [1.29, 1.82) is 0 Å². The highest BCUT2D eigenvalue weighted by Gasteiger charge is 2.45. The Morgan fingerprint density at radius 1 is 1.25 bits per heavy atom. The summed E-state index contributed by atoms with van der Waals surface area (Å²) in [6.45, 7) is 0. The molecule has 0 heterocycles. The van der Waals surface area contributed by atoms with E-state index in [0.29, 0.717) is 5.56 Å². The predicted molar refractivity (Wildman–Crippen MR) is 81.1 cm³/mol. The van der Waals surface area contributed by atoms with Crippen molar-refractivity contribution in [2.75, 3.05) is 0 Å². The Balaban J connectivity index is 1.94. The number of phenolic OH excluding ortho intramolecular Hbond substituents is 2. The Bertz CT molecular complexity index is 668. The fourth-order valence-electron chi connectivity index (χ4n) is 2.48. The molecule has 0 bridgehead atoms. The Kier molecular flexibility index (Phi) is 5.10. The molecule has 0 amide bonds. The van der Waals surface area contributed by atoms with E-state index in [0.717, 1.165) is 6.08 Å². The van der Waals surface area contributed by atoms with Crippen molar-refractivity contribution < 1.29 is 39.9 Å². The number of aliphatic carboxylic acids is 1. The molecule has 0 spiro atoms. The second-order valence-electron chi connectivity index (χ2n) is 5.70. The fraction of sp³-hybridized carbons (Fsp3) is 0.375. The van der Waals surface area contributed by atoms with Crippen molar-refractivity contribution in [2.45, 2.75) is 37.1 Å². The van der Waals surface area contributed by atoms with Crippen LogP contribution in [-0.4, -0.2) is 55.3 Å². The van der Waals surface area contributed by atoms with E-state index in [1.807, 2.05) is 0 Å². The van der Waals surface area contributed by atoms with Crippen LogP contribution in [0.15, 0.2) is 24.3 Å². The van der Waals surface area contributed by atoms with Crippen molar-refractivity contribution in [3.63, 3.8) is 0 Å². The molecule has 1 fully saturated rings. The van der Waals surface area contributed by atoms with Crippen LogP contribution >= 0.6 is 0 Å². The number of phenols is 2. The average Bonchev–Trinajstić information content (AvgIpc) is 2.51. The van der Waals surface area contributed by atoms with Gasteiger partial charge in [-0.1, -0.05) is 6.07 Å². The first kappa shape index (κ1) is 17.8. The first-order chi connectivity index (χ1) is 11.2. The van der Waals surface area contributed by atoms with Crippen molar-refractivity contribution in [3.8, 4) is 11.5 Å². The van der Waals surface area contributed by atoms with E-state index in [4.69, 9.17) is 9.84 Å². The van der Waals surface area contributed by atoms with Crippen LogP contribution in [-0.2, 0) is 14.3 Å². The van der Waals surface area contributed by atoms with Gasteiger partial charge in [-0.3, -0.25) is 0 Å². The molecule has 3 atom stereocenters. The van der Waals surface area contributed by atoms with Crippen LogP contribution in [0.4, 0.5) is 0 Å². The van der Waals surface area contributed by atoms with Crippen molar-refractivity contribution >= 4 is 18.0 Å². The number of aliphatic hydroxyl groups excluding tert-OH is 1. The molecule has 24 heavy (non-hydrogen) atoms. The minimum absolute atomic E-state index is 0.0174. The van der Waals surface area contributed by atoms with Gasteiger partial charge in [0.15, 0.2) is 17.1 Å². The average molecular weight is 338 g/mol. The minimum Gasteiger partial charge on any atom is -0.504 e. The number of aromatic hydroxyl groups is 2. The normalized spacial score (nSPS) is 27.1. The molecule has 1 aromatic rings. The summed E-state index contributed by atoms with van der Waals surface area (Å²) in [6.07, 6.45) is -0.294. The van der Waals surface area contributed by atoms with Gasteiger partial charge in [0.2, 0.25) is 0 Å². The maximum Gasteiger partial charge on any atom is 0.335 e. The lowest BCUT2D eigenvalue weighted by molar-refractivity contribution is -0.178. The molecule has 1 aliphatic rings. The van der Waals surface area contributed by atoms with Crippen LogP contribution in [0.1, 0.15) is 24.8 Å². The Labute approximate surface area is 137 Å². The zero-order chi connectivity index (χ0) is 17.9. The lowest BCUT2D eigenvalue weighted by atomic mass is 9.81. The standard InChI is InChI=1S/C16H18O8/c17-10-3-1-9(7-11(10)18)2-4-14(20)24-13-5-6-16(23,15(21)22)8-12(13)19/h1-4,7,12-13,17-19,23H,5-6,8H2,(H,21,22)/b4-2+/t12-,13+,16-/m1/s1. The number of ether oxygens (including phenoxy) is 1. The summed E-state index contributed by atoms with van der Waals surface area (Å²) in [5, 5.41) is 47.1. The van der Waals surface area contributed by atoms with Crippen LogP contribution in [0.5, 0.6) is 11.5 Å². The molecule has 1 aromatic carbocycles. The summed E-state index contributed by atoms with van der Waals surface area (Å²) in [5.74, 6) is -2.79. The second-order valence-corrected chi connectivity index (χ2v) is 5.70. The number of rotatable bonds is 4. The first-order valence-corrected chi connectivity index (χ1v) is 7.26. The molecule has 0 aliphatic heterocycles. The van der Waals surface area contributed by atoms with Gasteiger partial charge in [-0.25, -0.2) is 9.59 Å². The van der Waals surface area contributed by atoms with Crippen LogP contribution in [0.2, 0.25) is 0 Å². The zero-order valence-corrected chi connectivity index (χ0v) is 12.6. The van der Waals surface area contributed by atoms with Crippen molar-refractivity contribution in [2.24, 2.45) is 0 Å². The molecule has 2 rings (SSSR count). The Morgan fingerprint density at radius 2 is 1.96 bits per heavy atom. The number of aliphatic hydroxyl groups is 2. The minimum atomic E-state index is -2.01. The summed E-state index contributed by atoms with van der Waals surface area (Å²) in [7, 11) is 0. The second kappa shape index (κ2) is 6.90. The van der Waals surface area contributed by atoms with Gasteiger partial charge in [-0.15, -0.1) is 0 Å². The van der Waals surface area contributed by atoms with Crippen LogP contribution in [0, 0.1) is 0 Å². The van der Waals surface area contributed by atoms with Crippen LogP contribution < -0.4 is 0 Å². The van der Waals surface area contributed by atoms with Crippen LogP contribution in [0.3, 0.4) is 0 Å². The molecule has 0 unspecified atom stereocenters. The SMILES string of the molecule is O=C(/C=C/c1ccc(O)c(O)c1)O[C@H]1CC[C@](O)(C(=O)O)C[C@H]1O. The van der Waals surface area contributed by atoms with Gasteiger partial charge in [0.05, 0.1) is 6.10 Å². The van der Waals surface area contributed by atoms with E-state index in [1.54, 1.807) is 0 Å². The van der Waals surface area contributed by atoms with Gasteiger partial charge in [0, 0.05) is 12.5 Å². The molecule has 0 radical (unpaired) electrons. The molecule has 0 saturated heterocycles. The number of esters is 1. The molecule has 0 aromatic heterocycles. The summed E-state index contributed by atoms with van der Waals surface area (Å²) >= 11 is 0. The van der Waals surface area contributed by atoms with E-state index in [1.165, 1.54) is 24.3 Å². The molecule has 1 aliphatic carbocycles. The molecule has 1 saturated carbocycles. The highest BCUT2D eigenvalue weighted by atomic mass is 16.6. The number of carboxylic acid groups (broad SMARTS) is 1. The van der Waals surface area contributed by atoms with E-state index in [-0.39, 0.29) is 24.3 Å². The topological polar surface area (TPSA) is 145 Å². The maximum absolute atomic E-state index is 11.8. The quantitative estimate of drug-likeness (QED) is 0.301. The Hall–Kier alpha value is -2.58. The van der Waals surface area contributed by atoms with E-state index >= 15 is 0 Å². The number of carbonyl (C=O) groups excluding carboxylic acids is 1. The largest absolute Gasteiger partial charge is 0.504 e. The first-order valence-electron chi connectivity index (χ1n) is 7.26. The molecular formula is C16H18O8. The molecular weight excluding hydrogens is 320 g/mol. The summed E-state index contributed by atoms with van der Waals surface area (Å²) in [6, 6.07) is 3.99. The van der Waals surface area contributed by atoms with E-state index in [9.17, 15) is 30.0 Å². The van der Waals surface area contributed by atoms with E-state index in [2.05, 4.69) is 0 Å². The highest BCUT2D eigenvalue weighted by Crippen LogP contribution is 2.31. The van der Waals surface area contributed by atoms with Crippen LogP contribution in [0.25, 0.3) is 6.08 Å². The monoisotopic (exact) mass is 338 g/mol.